The lowest BCUT2D eigenvalue weighted by Crippen LogP contribution is -2.32. The molecule has 1 aromatic carbocycles. The summed E-state index contributed by atoms with van der Waals surface area (Å²) in [5.41, 5.74) is 6.80. The van der Waals surface area contributed by atoms with E-state index in [2.05, 4.69) is 43.8 Å². The average Bonchev–Trinajstić information content (AvgIpc) is 3.28. The molecule has 0 unspecified atom stereocenters. The summed E-state index contributed by atoms with van der Waals surface area (Å²) in [5, 5.41) is 10.0. The number of hydrogen-bond acceptors (Lipinski definition) is 5. The first-order chi connectivity index (χ1) is 16.2. The van der Waals surface area contributed by atoms with Crippen LogP contribution < -0.4 is 5.48 Å². The SMILES string of the molecule is O=C(NO)c1ccc(Cn2ccc3c(C4CCN(Cc5cccnc5)CC4)ccnc32)cc1. The molecule has 1 aliphatic heterocycles. The average molecular weight is 442 g/mol. The Morgan fingerprint density at radius 2 is 1.82 bits per heavy atom. The van der Waals surface area contributed by atoms with Crippen LogP contribution in [0.5, 0.6) is 0 Å². The predicted molar refractivity (Wildman–Crippen MR) is 126 cm³/mol. The number of nitrogens with one attached hydrogen (secondary N) is 1. The molecule has 0 atom stereocenters. The van der Waals surface area contributed by atoms with Crippen LogP contribution in [-0.4, -0.2) is 43.6 Å². The zero-order valence-corrected chi connectivity index (χ0v) is 18.4. The highest BCUT2D eigenvalue weighted by Crippen LogP contribution is 2.33. The molecule has 1 saturated heterocycles. The molecule has 168 valence electrons. The van der Waals surface area contributed by atoms with Crippen LogP contribution in [0.1, 0.15) is 45.8 Å². The van der Waals surface area contributed by atoms with Gasteiger partial charge in [0, 0.05) is 48.8 Å². The van der Waals surface area contributed by atoms with Gasteiger partial charge in [0.2, 0.25) is 0 Å². The Bertz CT molecular complexity index is 1230. The third kappa shape index (κ3) is 4.65. The summed E-state index contributed by atoms with van der Waals surface area (Å²) in [4.78, 5) is 22.9. The lowest BCUT2D eigenvalue weighted by molar-refractivity contribution is 0.0706. The van der Waals surface area contributed by atoms with Gasteiger partial charge in [0.15, 0.2) is 0 Å². The molecule has 3 aromatic heterocycles. The normalized spacial score (nSPS) is 15.1. The van der Waals surface area contributed by atoms with Crippen LogP contribution in [0.2, 0.25) is 0 Å². The molecule has 1 amide bonds. The maximum Gasteiger partial charge on any atom is 0.274 e. The standard InChI is InChI=1S/C26H27N5O2/c32-26(29-33)22-5-3-19(4-6-22)18-31-15-10-24-23(7-12-28-25(24)31)21-8-13-30(14-9-21)17-20-2-1-11-27-16-20/h1-7,10-12,15-16,21,33H,8-9,13-14,17-18H2,(H,29,32). The number of likely N-dealkylation sites (tertiary alicyclic amines) is 1. The van der Waals surface area contributed by atoms with E-state index in [-0.39, 0.29) is 0 Å². The fourth-order valence-electron chi connectivity index (χ4n) is 4.77. The first-order valence-corrected chi connectivity index (χ1v) is 11.3. The zero-order chi connectivity index (χ0) is 22.6. The van der Waals surface area contributed by atoms with Crippen LogP contribution >= 0.6 is 0 Å². The van der Waals surface area contributed by atoms with Crippen molar-refractivity contribution in [3.8, 4) is 0 Å². The number of carbonyl (C=O) groups is 1. The molecule has 1 aliphatic rings. The van der Waals surface area contributed by atoms with Crippen molar-refractivity contribution < 1.29 is 10.0 Å². The Labute approximate surface area is 192 Å². The maximum atomic E-state index is 11.5. The van der Waals surface area contributed by atoms with E-state index in [1.54, 1.807) is 17.6 Å². The summed E-state index contributed by atoms with van der Waals surface area (Å²) in [6, 6.07) is 15.7. The van der Waals surface area contributed by atoms with E-state index in [0.29, 0.717) is 18.0 Å². The van der Waals surface area contributed by atoms with Crippen LogP contribution in [0.15, 0.2) is 73.3 Å². The largest absolute Gasteiger partial charge is 0.328 e. The van der Waals surface area contributed by atoms with Gasteiger partial charge in [0.1, 0.15) is 5.65 Å². The maximum absolute atomic E-state index is 11.5. The molecular weight excluding hydrogens is 414 g/mol. The summed E-state index contributed by atoms with van der Waals surface area (Å²) < 4.78 is 2.15. The van der Waals surface area contributed by atoms with Gasteiger partial charge in [-0.05, 0) is 78.9 Å². The van der Waals surface area contributed by atoms with Crippen LogP contribution in [0.4, 0.5) is 0 Å². The predicted octanol–water partition coefficient (Wildman–Crippen LogP) is 3.98. The van der Waals surface area contributed by atoms with E-state index in [1.807, 2.05) is 36.8 Å². The fraction of sp³-hybridized carbons (Fsp3) is 0.269. The molecule has 0 saturated carbocycles. The second-order valence-corrected chi connectivity index (χ2v) is 8.63. The second kappa shape index (κ2) is 9.52. The number of amides is 1. The summed E-state index contributed by atoms with van der Waals surface area (Å²) in [6.07, 6.45) is 10.1. The Morgan fingerprint density at radius 1 is 1.00 bits per heavy atom. The minimum Gasteiger partial charge on any atom is -0.328 e. The Hall–Kier alpha value is -3.55. The van der Waals surface area contributed by atoms with E-state index in [0.717, 1.165) is 43.7 Å². The smallest absolute Gasteiger partial charge is 0.274 e. The minimum atomic E-state index is -0.509. The van der Waals surface area contributed by atoms with Gasteiger partial charge in [-0.15, -0.1) is 0 Å². The van der Waals surface area contributed by atoms with Crippen molar-refractivity contribution in [1.82, 2.24) is 24.9 Å². The van der Waals surface area contributed by atoms with Crippen molar-refractivity contribution in [3.63, 3.8) is 0 Å². The summed E-state index contributed by atoms with van der Waals surface area (Å²) in [6.45, 7) is 3.79. The molecule has 1 fully saturated rings. The molecule has 4 aromatic rings. The van der Waals surface area contributed by atoms with Gasteiger partial charge < -0.3 is 4.57 Å². The van der Waals surface area contributed by atoms with Crippen molar-refractivity contribution >= 4 is 16.9 Å². The summed E-state index contributed by atoms with van der Waals surface area (Å²) in [7, 11) is 0. The lowest BCUT2D eigenvalue weighted by atomic mass is 9.88. The van der Waals surface area contributed by atoms with Crippen LogP contribution in [0.3, 0.4) is 0 Å². The topological polar surface area (TPSA) is 83.3 Å². The highest BCUT2D eigenvalue weighted by Gasteiger charge is 2.23. The van der Waals surface area contributed by atoms with Gasteiger partial charge >= 0.3 is 0 Å². The van der Waals surface area contributed by atoms with E-state index < -0.39 is 5.91 Å². The molecule has 33 heavy (non-hydrogen) atoms. The number of rotatable bonds is 6. The molecule has 5 rings (SSSR count). The quantitative estimate of drug-likeness (QED) is 0.349. The molecule has 4 heterocycles. The third-order valence-corrected chi connectivity index (χ3v) is 6.52. The van der Waals surface area contributed by atoms with Crippen molar-refractivity contribution in [2.24, 2.45) is 0 Å². The number of nitrogens with zero attached hydrogens (tertiary/aromatic N) is 4. The Balaban J connectivity index is 1.28. The summed E-state index contributed by atoms with van der Waals surface area (Å²) in [5.74, 6) is 0.0264. The molecule has 2 N–H and O–H groups in total. The van der Waals surface area contributed by atoms with Crippen LogP contribution in [0, 0.1) is 0 Å². The fourth-order valence-corrected chi connectivity index (χ4v) is 4.77. The molecule has 0 bridgehead atoms. The van der Waals surface area contributed by atoms with Gasteiger partial charge in [0.25, 0.3) is 5.91 Å². The molecule has 0 radical (unpaired) electrons. The zero-order valence-electron chi connectivity index (χ0n) is 18.4. The number of pyridine rings is 2. The van der Waals surface area contributed by atoms with E-state index >= 15 is 0 Å². The van der Waals surface area contributed by atoms with Crippen molar-refractivity contribution in [3.05, 3.63) is 95.6 Å². The van der Waals surface area contributed by atoms with Crippen molar-refractivity contribution in [2.75, 3.05) is 13.1 Å². The van der Waals surface area contributed by atoms with E-state index in [9.17, 15) is 4.79 Å². The van der Waals surface area contributed by atoms with Gasteiger partial charge in [-0.1, -0.05) is 18.2 Å². The second-order valence-electron chi connectivity index (χ2n) is 8.63. The van der Waals surface area contributed by atoms with E-state index in [1.165, 1.54) is 16.5 Å². The summed E-state index contributed by atoms with van der Waals surface area (Å²) >= 11 is 0. The van der Waals surface area contributed by atoms with Gasteiger partial charge in [0.05, 0.1) is 0 Å². The lowest BCUT2D eigenvalue weighted by Gasteiger charge is -2.32. The number of benzene rings is 1. The Morgan fingerprint density at radius 3 is 2.55 bits per heavy atom. The van der Waals surface area contributed by atoms with Gasteiger partial charge in [-0.3, -0.25) is 19.9 Å². The highest BCUT2D eigenvalue weighted by atomic mass is 16.5. The number of hydroxylamine groups is 1. The monoisotopic (exact) mass is 441 g/mol. The van der Waals surface area contributed by atoms with Crippen molar-refractivity contribution in [1.29, 1.82) is 0 Å². The molecule has 7 heteroatoms. The molecule has 7 nitrogen and oxygen atoms in total. The van der Waals surface area contributed by atoms with Gasteiger partial charge in [-0.2, -0.15) is 0 Å². The highest BCUT2D eigenvalue weighted by molar-refractivity contribution is 5.93. The number of hydrogen-bond donors (Lipinski definition) is 2. The first kappa shape index (κ1) is 21.3. The molecule has 0 aliphatic carbocycles. The number of fused-ring (bicyclic) bond motifs is 1. The first-order valence-electron chi connectivity index (χ1n) is 11.3. The molecule has 0 spiro atoms. The number of carbonyl (C=O) groups excluding carboxylic acids is 1. The Kier molecular flexibility index (Phi) is 6.15. The van der Waals surface area contributed by atoms with E-state index in [4.69, 9.17) is 5.21 Å². The third-order valence-electron chi connectivity index (χ3n) is 6.52. The number of aromatic nitrogens is 3. The van der Waals surface area contributed by atoms with Gasteiger partial charge in [-0.25, -0.2) is 10.5 Å². The number of piperidine rings is 1. The minimum absolute atomic E-state index is 0.425. The van der Waals surface area contributed by atoms with Crippen molar-refractivity contribution in [2.45, 2.75) is 31.8 Å². The van der Waals surface area contributed by atoms with Crippen LogP contribution in [-0.2, 0) is 13.1 Å². The molecular formula is C26H27N5O2. The van der Waals surface area contributed by atoms with Crippen LogP contribution in [0.25, 0.3) is 11.0 Å².